The van der Waals surface area contributed by atoms with Crippen LogP contribution in [0.15, 0.2) is 30.3 Å². The summed E-state index contributed by atoms with van der Waals surface area (Å²) in [5, 5.41) is 7.43. The van der Waals surface area contributed by atoms with Crippen molar-refractivity contribution in [1.82, 2.24) is 15.1 Å². The highest BCUT2D eigenvalue weighted by Crippen LogP contribution is 2.26. The van der Waals surface area contributed by atoms with Crippen molar-refractivity contribution in [3.8, 4) is 0 Å². The van der Waals surface area contributed by atoms with Crippen LogP contribution in [-0.2, 0) is 19.9 Å². The molecular formula is C20H28N4O. The van der Waals surface area contributed by atoms with Gasteiger partial charge in [0.05, 0.1) is 5.69 Å². The van der Waals surface area contributed by atoms with Crippen molar-refractivity contribution in [3.05, 3.63) is 47.3 Å². The Hall–Kier alpha value is -2.30. The Bertz CT molecular complexity index is 722. The lowest BCUT2D eigenvalue weighted by molar-refractivity contribution is 0.0944. The van der Waals surface area contributed by atoms with Crippen LogP contribution in [0.3, 0.4) is 0 Å². The molecule has 3 rings (SSSR count). The summed E-state index contributed by atoms with van der Waals surface area (Å²) >= 11 is 0. The topological polar surface area (TPSA) is 50.2 Å². The van der Waals surface area contributed by atoms with E-state index < -0.39 is 0 Å². The minimum Gasteiger partial charge on any atom is -0.371 e. The maximum Gasteiger partial charge on any atom is 0.269 e. The standard InChI is InChI=1S/C20H28N4O/c1-3-8-17-15-19(23(2)22-17)20(25)21-12-7-14-24-13-6-10-16-9-4-5-11-18(16)24/h4-5,9,11,15H,3,6-8,10,12-14H2,1-2H3,(H,21,25). The lowest BCUT2D eigenvalue weighted by Gasteiger charge is -2.31. The van der Waals surface area contributed by atoms with Gasteiger partial charge in [0.15, 0.2) is 0 Å². The van der Waals surface area contributed by atoms with E-state index in [2.05, 4.69) is 46.5 Å². The van der Waals surface area contributed by atoms with E-state index in [1.165, 1.54) is 24.1 Å². The minimum atomic E-state index is -0.0311. The molecule has 1 aliphatic heterocycles. The maximum atomic E-state index is 12.3. The van der Waals surface area contributed by atoms with E-state index in [4.69, 9.17) is 0 Å². The summed E-state index contributed by atoms with van der Waals surface area (Å²) in [5.74, 6) is -0.0311. The molecule has 134 valence electrons. The van der Waals surface area contributed by atoms with Crippen LogP contribution in [-0.4, -0.2) is 35.3 Å². The van der Waals surface area contributed by atoms with Gasteiger partial charge in [-0.2, -0.15) is 5.10 Å². The van der Waals surface area contributed by atoms with Crippen molar-refractivity contribution >= 4 is 11.6 Å². The number of amides is 1. The predicted molar refractivity (Wildman–Crippen MR) is 101 cm³/mol. The van der Waals surface area contributed by atoms with Crippen molar-refractivity contribution in [2.75, 3.05) is 24.5 Å². The first-order valence-electron chi connectivity index (χ1n) is 9.33. The van der Waals surface area contributed by atoms with Gasteiger partial charge >= 0.3 is 0 Å². The Balaban J connectivity index is 1.48. The van der Waals surface area contributed by atoms with Gasteiger partial charge < -0.3 is 10.2 Å². The predicted octanol–water partition coefficient (Wildman–Crippen LogP) is 2.95. The van der Waals surface area contributed by atoms with Crippen molar-refractivity contribution in [1.29, 1.82) is 0 Å². The van der Waals surface area contributed by atoms with Gasteiger partial charge in [0, 0.05) is 32.4 Å². The van der Waals surface area contributed by atoms with Gasteiger partial charge in [0.2, 0.25) is 0 Å². The molecule has 1 amide bonds. The monoisotopic (exact) mass is 340 g/mol. The van der Waals surface area contributed by atoms with E-state index in [1.54, 1.807) is 4.68 Å². The van der Waals surface area contributed by atoms with Crippen molar-refractivity contribution in [2.24, 2.45) is 7.05 Å². The highest BCUT2D eigenvalue weighted by atomic mass is 16.2. The zero-order valence-electron chi connectivity index (χ0n) is 15.3. The van der Waals surface area contributed by atoms with Gasteiger partial charge in [-0.25, -0.2) is 0 Å². The summed E-state index contributed by atoms with van der Waals surface area (Å²) in [7, 11) is 1.83. The molecule has 25 heavy (non-hydrogen) atoms. The van der Waals surface area contributed by atoms with Crippen LogP contribution in [0.25, 0.3) is 0 Å². The summed E-state index contributed by atoms with van der Waals surface area (Å²) in [6.45, 7) is 4.88. The van der Waals surface area contributed by atoms with Crippen LogP contribution in [0, 0.1) is 0 Å². The molecule has 0 fully saturated rings. The second-order valence-electron chi connectivity index (χ2n) is 6.72. The lowest BCUT2D eigenvalue weighted by Crippen LogP contribution is -2.33. The second kappa shape index (κ2) is 8.19. The highest BCUT2D eigenvalue weighted by molar-refractivity contribution is 5.92. The molecule has 0 spiro atoms. The molecule has 1 aromatic heterocycles. The van der Waals surface area contributed by atoms with Crippen LogP contribution in [0.2, 0.25) is 0 Å². The second-order valence-corrected chi connectivity index (χ2v) is 6.72. The maximum absolute atomic E-state index is 12.3. The largest absolute Gasteiger partial charge is 0.371 e. The number of hydrogen-bond donors (Lipinski definition) is 1. The first kappa shape index (κ1) is 17.5. The summed E-state index contributed by atoms with van der Waals surface area (Å²) < 4.78 is 1.68. The fourth-order valence-electron chi connectivity index (χ4n) is 3.52. The molecule has 0 radical (unpaired) electrons. The summed E-state index contributed by atoms with van der Waals surface area (Å²) in [4.78, 5) is 14.8. The fraction of sp³-hybridized carbons (Fsp3) is 0.500. The smallest absolute Gasteiger partial charge is 0.269 e. The SMILES string of the molecule is CCCc1cc(C(=O)NCCCN2CCCc3ccccc32)n(C)n1. The Morgan fingerprint density at radius 1 is 1.32 bits per heavy atom. The normalized spacial score (nSPS) is 13.6. The van der Waals surface area contributed by atoms with Crippen LogP contribution >= 0.6 is 0 Å². The Kier molecular flexibility index (Phi) is 5.74. The van der Waals surface area contributed by atoms with E-state index in [0.717, 1.165) is 38.0 Å². The molecule has 1 aromatic carbocycles. The number of aryl methyl sites for hydroxylation is 3. The number of nitrogens with zero attached hydrogens (tertiary/aromatic N) is 3. The average Bonchev–Trinajstić information content (AvgIpc) is 2.99. The first-order chi connectivity index (χ1) is 12.2. The van der Waals surface area contributed by atoms with Crippen molar-refractivity contribution in [3.63, 3.8) is 0 Å². The molecular weight excluding hydrogens is 312 g/mol. The quantitative estimate of drug-likeness (QED) is 0.789. The van der Waals surface area contributed by atoms with Gasteiger partial charge in [-0.3, -0.25) is 9.48 Å². The molecule has 0 unspecified atom stereocenters. The zero-order valence-corrected chi connectivity index (χ0v) is 15.3. The Labute approximate surface area is 150 Å². The van der Waals surface area contributed by atoms with E-state index in [1.807, 2.05) is 13.1 Å². The number of para-hydroxylation sites is 1. The van der Waals surface area contributed by atoms with Gasteiger partial charge in [-0.1, -0.05) is 31.5 Å². The third kappa shape index (κ3) is 4.21. The number of anilines is 1. The van der Waals surface area contributed by atoms with Crippen LogP contribution < -0.4 is 10.2 Å². The molecule has 0 aliphatic carbocycles. The lowest BCUT2D eigenvalue weighted by atomic mass is 10.0. The van der Waals surface area contributed by atoms with Gasteiger partial charge in [-0.15, -0.1) is 0 Å². The Morgan fingerprint density at radius 2 is 2.16 bits per heavy atom. The average molecular weight is 340 g/mol. The molecule has 1 N–H and O–H groups in total. The number of fused-ring (bicyclic) bond motifs is 1. The molecule has 5 nitrogen and oxygen atoms in total. The fourth-order valence-corrected chi connectivity index (χ4v) is 3.52. The van der Waals surface area contributed by atoms with Crippen LogP contribution in [0.1, 0.15) is 47.9 Å². The molecule has 1 aliphatic rings. The minimum absolute atomic E-state index is 0.0311. The number of rotatable bonds is 7. The zero-order chi connectivity index (χ0) is 17.6. The molecule has 2 heterocycles. The molecule has 5 heteroatoms. The molecule has 0 bridgehead atoms. The van der Waals surface area contributed by atoms with Crippen LogP contribution in [0.4, 0.5) is 5.69 Å². The Morgan fingerprint density at radius 3 is 3.00 bits per heavy atom. The number of carbonyl (C=O) groups is 1. The number of benzene rings is 1. The number of aromatic nitrogens is 2. The van der Waals surface area contributed by atoms with Crippen molar-refractivity contribution in [2.45, 2.75) is 39.0 Å². The van der Waals surface area contributed by atoms with Crippen molar-refractivity contribution < 1.29 is 4.79 Å². The number of hydrogen-bond acceptors (Lipinski definition) is 3. The summed E-state index contributed by atoms with van der Waals surface area (Å²) in [6, 6.07) is 10.6. The van der Waals surface area contributed by atoms with Gasteiger partial charge in [-0.05, 0) is 43.4 Å². The third-order valence-corrected chi connectivity index (χ3v) is 4.77. The molecule has 2 aromatic rings. The summed E-state index contributed by atoms with van der Waals surface area (Å²) in [6.07, 6.45) is 5.27. The highest BCUT2D eigenvalue weighted by Gasteiger charge is 2.16. The van der Waals surface area contributed by atoms with E-state index >= 15 is 0 Å². The molecule has 0 atom stereocenters. The van der Waals surface area contributed by atoms with E-state index in [9.17, 15) is 4.79 Å². The van der Waals surface area contributed by atoms with Gasteiger partial charge in [0.1, 0.15) is 5.69 Å². The molecule has 0 saturated heterocycles. The summed E-state index contributed by atoms with van der Waals surface area (Å²) in [5.41, 5.74) is 4.43. The first-order valence-corrected chi connectivity index (χ1v) is 9.33. The third-order valence-electron chi connectivity index (χ3n) is 4.77. The molecule has 0 saturated carbocycles. The van der Waals surface area contributed by atoms with Crippen LogP contribution in [0.5, 0.6) is 0 Å². The number of carbonyl (C=O) groups excluding carboxylic acids is 1. The van der Waals surface area contributed by atoms with E-state index in [0.29, 0.717) is 12.2 Å². The number of nitrogens with one attached hydrogen (secondary N) is 1. The van der Waals surface area contributed by atoms with Gasteiger partial charge in [0.25, 0.3) is 5.91 Å². The van der Waals surface area contributed by atoms with E-state index in [-0.39, 0.29) is 5.91 Å².